The molecule has 1 amide bonds. The Morgan fingerprint density at radius 2 is 1.68 bits per heavy atom. The topological polar surface area (TPSA) is 55.1 Å². The summed E-state index contributed by atoms with van der Waals surface area (Å²) in [6.45, 7) is 1.44. The molecule has 3 fully saturated rings. The molecule has 0 aromatic heterocycles. The summed E-state index contributed by atoms with van der Waals surface area (Å²) < 4.78 is 0. The summed E-state index contributed by atoms with van der Waals surface area (Å²) in [6, 6.07) is 0. The zero-order valence-electron chi connectivity index (χ0n) is 12.0. The van der Waals surface area contributed by atoms with Crippen LogP contribution in [0.25, 0.3) is 0 Å². The number of rotatable bonds is 5. The quantitative estimate of drug-likeness (QED) is 0.750. The summed E-state index contributed by atoms with van der Waals surface area (Å²) in [5.41, 5.74) is 6.22. The van der Waals surface area contributed by atoms with Gasteiger partial charge in [-0.15, -0.1) is 0 Å². The number of amides is 1. The van der Waals surface area contributed by atoms with Gasteiger partial charge in [0, 0.05) is 13.1 Å². The van der Waals surface area contributed by atoms with Crippen LogP contribution in [0.4, 0.5) is 0 Å². The average molecular weight is 264 g/mol. The molecule has 0 bridgehead atoms. The van der Waals surface area contributed by atoms with Crippen LogP contribution < -0.4 is 11.1 Å². The Bertz CT molecular complexity index is 337. The lowest BCUT2D eigenvalue weighted by molar-refractivity contribution is -0.131. The van der Waals surface area contributed by atoms with Crippen molar-refractivity contribution in [1.29, 1.82) is 0 Å². The highest BCUT2D eigenvalue weighted by Gasteiger charge is 2.54. The van der Waals surface area contributed by atoms with E-state index in [2.05, 4.69) is 5.32 Å². The number of hydrogen-bond acceptors (Lipinski definition) is 2. The maximum Gasteiger partial charge on any atom is 0.227 e. The Hall–Kier alpha value is -0.570. The monoisotopic (exact) mass is 264 g/mol. The Morgan fingerprint density at radius 3 is 2.16 bits per heavy atom. The maximum absolute atomic E-state index is 12.6. The second-order valence-corrected chi connectivity index (χ2v) is 7.22. The molecule has 0 heterocycles. The van der Waals surface area contributed by atoms with E-state index in [1.54, 1.807) is 0 Å². The van der Waals surface area contributed by atoms with Crippen LogP contribution in [0.1, 0.15) is 64.2 Å². The Balaban J connectivity index is 1.57. The number of carbonyl (C=O) groups excluding carboxylic acids is 1. The lowest BCUT2D eigenvalue weighted by Gasteiger charge is -2.31. The van der Waals surface area contributed by atoms with Gasteiger partial charge in [0.15, 0.2) is 0 Å². The fourth-order valence-corrected chi connectivity index (χ4v) is 3.96. The first-order chi connectivity index (χ1) is 9.21. The van der Waals surface area contributed by atoms with Gasteiger partial charge in [0.05, 0.1) is 5.41 Å². The van der Waals surface area contributed by atoms with Gasteiger partial charge < -0.3 is 11.1 Å². The molecule has 19 heavy (non-hydrogen) atoms. The standard InChI is InChI=1S/C16H28N2O/c17-11-15(7-3-1-2-4-8-15)14(19)18-12-16(9-10-16)13-5-6-13/h13H,1-12,17H2,(H,18,19). The molecule has 0 radical (unpaired) electrons. The summed E-state index contributed by atoms with van der Waals surface area (Å²) in [5.74, 6) is 1.17. The van der Waals surface area contributed by atoms with Gasteiger partial charge in [0.25, 0.3) is 0 Å². The minimum Gasteiger partial charge on any atom is -0.355 e. The molecule has 0 atom stereocenters. The van der Waals surface area contributed by atoms with Crippen molar-refractivity contribution in [1.82, 2.24) is 5.32 Å². The van der Waals surface area contributed by atoms with Crippen LogP contribution in [0.15, 0.2) is 0 Å². The van der Waals surface area contributed by atoms with Gasteiger partial charge in [-0.25, -0.2) is 0 Å². The number of nitrogens with one attached hydrogen (secondary N) is 1. The lowest BCUT2D eigenvalue weighted by Crippen LogP contribution is -2.47. The fraction of sp³-hybridized carbons (Fsp3) is 0.938. The second kappa shape index (κ2) is 5.08. The average Bonchev–Trinajstić information content (AvgIpc) is 3.31. The van der Waals surface area contributed by atoms with Crippen LogP contribution in [0.2, 0.25) is 0 Å². The van der Waals surface area contributed by atoms with Crippen LogP contribution in [0, 0.1) is 16.7 Å². The van der Waals surface area contributed by atoms with Crippen molar-refractivity contribution in [2.75, 3.05) is 13.1 Å². The molecule has 0 unspecified atom stereocenters. The Kier molecular flexibility index (Phi) is 3.59. The summed E-state index contributed by atoms with van der Waals surface area (Å²) in [5, 5.41) is 3.28. The molecule has 3 saturated carbocycles. The van der Waals surface area contributed by atoms with E-state index in [1.165, 1.54) is 51.4 Å². The lowest BCUT2D eigenvalue weighted by atomic mass is 9.79. The van der Waals surface area contributed by atoms with Gasteiger partial charge in [-0.2, -0.15) is 0 Å². The normalized spacial score (nSPS) is 28.5. The molecular formula is C16H28N2O. The van der Waals surface area contributed by atoms with E-state index < -0.39 is 0 Å². The predicted octanol–water partition coefficient (Wildman–Crippen LogP) is 2.59. The van der Waals surface area contributed by atoms with Crippen molar-refractivity contribution in [3.05, 3.63) is 0 Å². The third kappa shape index (κ3) is 2.67. The first-order valence-electron chi connectivity index (χ1n) is 8.19. The van der Waals surface area contributed by atoms with Gasteiger partial charge >= 0.3 is 0 Å². The van der Waals surface area contributed by atoms with Gasteiger partial charge in [-0.05, 0) is 49.9 Å². The highest BCUT2D eigenvalue weighted by molar-refractivity contribution is 5.83. The largest absolute Gasteiger partial charge is 0.355 e. The molecule has 108 valence electrons. The van der Waals surface area contributed by atoms with E-state index in [-0.39, 0.29) is 11.3 Å². The molecule has 0 aliphatic heterocycles. The molecule has 3 aliphatic carbocycles. The molecular weight excluding hydrogens is 236 g/mol. The van der Waals surface area contributed by atoms with Crippen molar-refractivity contribution < 1.29 is 4.79 Å². The van der Waals surface area contributed by atoms with Crippen molar-refractivity contribution >= 4 is 5.91 Å². The van der Waals surface area contributed by atoms with Gasteiger partial charge in [-0.1, -0.05) is 25.7 Å². The van der Waals surface area contributed by atoms with E-state index in [1.807, 2.05) is 0 Å². The van der Waals surface area contributed by atoms with E-state index in [4.69, 9.17) is 5.73 Å². The van der Waals surface area contributed by atoms with Crippen molar-refractivity contribution in [3.63, 3.8) is 0 Å². The molecule has 3 nitrogen and oxygen atoms in total. The van der Waals surface area contributed by atoms with E-state index in [9.17, 15) is 4.79 Å². The molecule has 0 aromatic carbocycles. The third-order valence-corrected chi connectivity index (χ3v) is 5.87. The molecule has 0 aromatic rings. The summed E-state index contributed by atoms with van der Waals surface area (Å²) in [4.78, 5) is 12.6. The number of hydrogen-bond donors (Lipinski definition) is 2. The molecule has 3 rings (SSSR count). The smallest absolute Gasteiger partial charge is 0.227 e. The van der Waals surface area contributed by atoms with Crippen LogP contribution in [-0.2, 0) is 4.79 Å². The zero-order chi connectivity index (χ0) is 13.3. The minimum absolute atomic E-state index is 0.254. The molecule has 0 saturated heterocycles. The first-order valence-corrected chi connectivity index (χ1v) is 8.19. The van der Waals surface area contributed by atoms with E-state index in [0.29, 0.717) is 12.0 Å². The molecule has 3 aliphatic rings. The van der Waals surface area contributed by atoms with Crippen LogP contribution in [0.3, 0.4) is 0 Å². The molecule has 0 spiro atoms. The van der Waals surface area contributed by atoms with Crippen LogP contribution >= 0.6 is 0 Å². The summed E-state index contributed by atoms with van der Waals surface area (Å²) in [7, 11) is 0. The van der Waals surface area contributed by atoms with Gasteiger partial charge in [-0.3, -0.25) is 4.79 Å². The Labute approximate surface area is 116 Å². The third-order valence-electron chi connectivity index (χ3n) is 5.87. The van der Waals surface area contributed by atoms with Gasteiger partial charge in [0.1, 0.15) is 0 Å². The first kappa shape index (κ1) is 13.4. The van der Waals surface area contributed by atoms with Crippen molar-refractivity contribution in [3.8, 4) is 0 Å². The fourth-order valence-electron chi connectivity index (χ4n) is 3.96. The van der Waals surface area contributed by atoms with Crippen LogP contribution in [-0.4, -0.2) is 19.0 Å². The van der Waals surface area contributed by atoms with E-state index >= 15 is 0 Å². The second-order valence-electron chi connectivity index (χ2n) is 7.22. The SMILES string of the molecule is NCC1(C(=O)NCC2(C3CC3)CC2)CCCCCC1. The predicted molar refractivity (Wildman–Crippen MR) is 76.6 cm³/mol. The highest BCUT2D eigenvalue weighted by Crippen LogP contribution is 2.60. The maximum atomic E-state index is 12.6. The van der Waals surface area contributed by atoms with Crippen molar-refractivity contribution in [2.45, 2.75) is 64.2 Å². The summed E-state index contributed by atoms with van der Waals surface area (Å²) >= 11 is 0. The number of carbonyl (C=O) groups is 1. The van der Waals surface area contributed by atoms with Crippen molar-refractivity contribution in [2.24, 2.45) is 22.5 Å². The summed E-state index contributed by atoms with van der Waals surface area (Å²) in [6.07, 6.45) is 12.3. The van der Waals surface area contributed by atoms with Gasteiger partial charge in [0.2, 0.25) is 5.91 Å². The molecule has 3 heteroatoms. The zero-order valence-corrected chi connectivity index (χ0v) is 12.0. The minimum atomic E-state index is -0.254. The number of nitrogens with two attached hydrogens (primary N) is 1. The molecule has 3 N–H and O–H groups in total. The highest BCUT2D eigenvalue weighted by atomic mass is 16.2. The Morgan fingerprint density at radius 1 is 1.05 bits per heavy atom. The van der Waals surface area contributed by atoms with E-state index in [0.717, 1.165) is 25.3 Å². The van der Waals surface area contributed by atoms with Crippen LogP contribution in [0.5, 0.6) is 0 Å².